The van der Waals surface area contributed by atoms with Crippen LogP contribution in [0.2, 0.25) is 5.82 Å². The molecule has 0 bridgehead atoms. The second-order valence-electron chi connectivity index (χ2n) is 6.34. The highest BCUT2D eigenvalue weighted by atomic mass is 32.2. The summed E-state index contributed by atoms with van der Waals surface area (Å²) in [6, 6.07) is 3.91. The van der Waals surface area contributed by atoms with E-state index in [4.69, 9.17) is 4.65 Å². The highest BCUT2D eigenvalue weighted by Gasteiger charge is 2.54. The third-order valence-electron chi connectivity index (χ3n) is 4.81. The van der Waals surface area contributed by atoms with Gasteiger partial charge in [0.15, 0.2) is 0 Å². The molecule has 1 aliphatic heterocycles. The Bertz CT molecular complexity index is 616. The van der Waals surface area contributed by atoms with Crippen molar-refractivity contribution in [2.45, 2.75) is 48.1 Å². The summed E-state index contributed by atoms with van der Waals surface area (Å²) >= 11 is 1.62. The van der Waals surface area contributed by atoms with Gasteiger partial charge in [-0.1, -0.05) is 13.0 Å². The zero-order chi connectivity index (χ0) is 14.7. The van der Waals surface area contributed by atoms with Crippen molar-refractivity contribution >= 4 is 24.8 Å². The summed E-state index contributed by atoms with van der Waals surface area (Å²) in [5, 5.41) is 19.9. The SMILES string of the molecule is C[C@@H](Sc1ccc2c(c1C(=O)O)OB(O)[C@H]1C[C@@H]21)C1CC1. The zero-order valence-electron chi connectivity index (χ0n) is 11.8. The average Bonchev–Trinajstić information content (AvgIpc) is 3.29. The Morgan fingerprint density at radius 1 is 1.48 bits per heavy atom. The molecule has 2 N–H and O–H groups in total. The van der Waals surface area contributed by atoms with Crippen LogP contribution in [0.25, 0.3) is 0 Å². The number of thioether (sulfide) groups is 1. The van der Waals surface area contributed by atoms with Crippen LogP contribution >= 0.6 is 11.8 Å². The molecule has 0 aromatic heterocycles. The van der Waals surface area contributed by atoms with Gasteiger partial charge in [0.2, 0.25) is 0 Å². The first kappa shape index (κ1) is 13.5. The van der Waals surface area contributed by atoms with Crippen LogP contribution in [0.1, 0.15) is 48.0 Å². The van der Waals surface area contributed by atoms with E-state index >= 15 is 0 Å². The summed E-state index contributed by atoms with van der Waals surface area (Å²) < 4.78 is 5.54. The maximum Gasteiger partial charge on any atom is 0.526 e. The van der Waals surface area contributed by atoms with Gasteiger partial charge in [-0.15, -0.1) is 11.8 Å². The van der Waals surface area contributed by atoms with E-state index in [9.17, 15) is 14.9 Å². The van der Waals surface area contributed by atoms with Crippen LogP contribution in [-0.2, 0) is 0 Å². The fourth-order valence-corrected chi connectivity index (χ4v) is 4.57. The molecule has 2 aliphatic carbocycles. The molecule has 6 heteroatoms. The van der Waals surface area contributed by atoms with Gasteiger partial charge in [-0.3, -0.25) is 0 Å². The van der Waals surface area contributed by atoms with E-state index < -0.39 is 13.1 Å². The van der Waals surface area contributed by atoms with E-state index in [1.165, 1.54) is 12.8 Å². The number of fused-ring (bicyclic) bond motifs is 3. The third kappa shape index (κ3) is 2.25. The van der Waals surface area contributed by atoms with Crippen LogP contribution in [0, 0.1) is 5.92 Å². The maximum atomic E-state index is 11.7. The number of carboxylic acids is 1. The predicted octanol–water partition coefficient (Wildman–Crippen LogP) is 3.01. The number of hydrogen-bond donors (Lipinski definition) is 2. The quantitative estimate of drug-likeness (QED) is 0.661. The van der Waals surface area contributed by atoms with E-state index in [1.54, 1.807) is 11.8 Å². The van der Waals surface area contributed by atoms with Crippen molar-refractivity contribution in [1.82, 2.24) is 0 Å². The number of aromatic carboxylic acids is 1. The number of benzene rings is 1. The van der Waals surface area contributed by atoms with Crippen LogP contribution in [0.15, 0.2) is 17.0 Å². The summed E-state index contributed by atoms with van der Waals surface area (Å²) in [6.45, 7) is 2.15. The minimum Gasteiger partial charge on any atom is -0.535 e. The van der Waals surface area contributed by atoms with Crippen molar-refractivity contribution in [3.05, 3.63) is 23.3 Å². The predicted molar refractivity (Wildman–Crippen MR) is 81.2 cm³/mol. The molecule has 0 amide bonds. The van der Waals surface area contributed by atoms with E-state index in [1.807, 2.05) is 12.1 Å². The highest BCUT2D eigenvalue weighted by Crippen LogP contribution is 2.61. The van der Waals surface area contributed by atoms with Crippen LogP contribution in [0.3, 0.4) is 0 Å². The number of carbonyl (C=O) groups is 1. The largest absolute Gasteiger partial charge is 0.535 e. The molecule has 3 aliphatic rings. The lowest BCUT2D eigenvalue weighted by atomic mass is 9.77. The lowest BCUT2D eigenvalue weighted by molar-refractivity contribution is 0.0690. The monoisotopic (exact) mass is 304 g/mol. The van der Waals surface area contributed by atoms with Crippen molar-refractivity contribution in [3.63, 3.8) is 0 Å². The minimum absolute atomic E-state index is 0.142. The van der Waals surface area contributed by atoms with Crippen molar-refractivity contribution in [3.8, 4) is 5.75 Å². The summed E-state index contributed by atoms with van der Waals surface area (Å²) in [5.41, 5.74) is 1.18. The molecule has 110 valence electrons. The maximum absolute atomic E-state index is 11.7. The van der Waals surface area contributed by atoms with E-state index in [0.29, 0.717) is 16.9 Å². The van der Waals surface area contributed by atoms with Gasteiger partial charge in [0.25, 0.3) is 0 Å². The van der Waals surface area contributed by atoms with Crippen LogP contribution in [0.5, 0.6) is 5.75 Å². The summed E-state index contributed by atoms with van der Waals surface area (Å²) in [7, 11) is -0.860. The van der Waals surface area contributed by atoms with Gasteiger partial charge in [-0.05, 0) is 42.7 Å². The summed E-state index contributed by atoms with van der Waals surface area (Å²) in [5.74, 6) is 0.530. The molecule has 21 heavy (non-hydrogen) atoms. The lowest BCUT2D eigenvalue weighted by Crippen LogP contribution is -2.27. The van der Waals surface area contributed by atoms with Crippen molar-refractivity contribution in [2.24, 2.45) is 5.92 Å². The molecule has 2 saturated carbocycles. The lowest BCUT2D eigenvalue weighted by Gasteiger charge is -2.23. The van der Waals surface area contributed by atoms with E-state index in [-0.39, 0.29) is 17.3 Å². The first-order valence-corrected chi connectivity index (χ1v) is 8.35. The normalized spacial score (nSPS) is 27.4. The topological polar surface area (TPSA) is 66.8 Å². The molecule has 0 unspecified atom stereocenters. The molecule has 0 radical (unpaired) electrons. The van der Waals surface area contributed by atoms with Crippen LogP contribution in [0.4, 0.5) is 0 Å². The summed E-state index contributed by atoms with van der Waals surface area (Å²) in [4.78, 5) is 12.5. The molecule has 1 heterocycles. The Morgan fingerprint density at radius 2 is 2.24 bits per heavy atom. The number of hydrogen-bond acceptors (Lipinski definition) is 4. The van der Waals surface area contributed by atoms with Gasteiger partial charge in [0, 0.05) is 16.0 Å². The van der Waals surface area contributed by atoms with Gasteiger partial charge < -0.3 is 14.8 Å². The van der Waals surface area contributed by atoms with Gasteiger partial charge in [-0.2, -0.15) is 0 Å². The number of rotatable bonds is 4. The standard InChI is InChI=1S/C15H17BO4S/c1-7(8-2-3-8)21-12-5-4-9-10-6-11(10)16(19)20-14(9)13(12)15(17)18/h4-5,7-8,10-11,19H,2-3,6H2,1H3,(H,17,18)/t7-,10+,11+/m1/s1. The molecule has 3 atom stereocenters. The van der Waals surface area contributed by atoms with Crippen LogP contribution in [-0.4, -0.2) is 28.5 Å². The van der Waals surface area contributed by atoms with Gasteiger partial charge in [0.05, 0.1) is 0 Å². The molecular formula is C15H17BO4S. The molecular weight excluding hydrogens is 287 g/mol. The zero-order valence-corrected chi connectivity index (χ0v) is 12.6. The average molecular weight is 304 g/mol. The summed E-state index contributed by atoms with van der Waals surface area (Å²) in [6.07, 6.45) is 3.36. The Morgan fingerprint density at radius 3 is 2.90 bits per heavy atom. The minimum atomic E-state index is -0.969. The molecule has 4 nitrogen and oxygen atoms in total. The Balaban J connectivity index is 1.74. The fraction of sp³-hybridized carbons (Fsp3) is 0.533. The molecule has 1 aromatic carbocycles. The molecule has 2 fully saturated rings. The molecule has 0 spiro atoms. The third-order valence-corrected chi connectivity index (χ3v) is 6.16. The van der Waals surface area contributed by atoms with E-state index in [2.05, 4.69) is 6.92 Å². The van der Waals surface area contributed by atoms with Gasteiger partial charge in [0.1, 0.15) is 11.3 Å². The first-order valence-electron chi connectivity index (χ1n) is 7.48. The number of carboxylic acid groups (broad SMARTS) is 1. The molecule has 4 rings (SSSR count). The highest BCUT2D eigenvalue weighted by molar-refractivity contribution is 8.00. The van der Waals surface area contributed by atoms with Gasteiger partial charge in [-0.25, -0.2) is 4.79 Å². The Hall–Kier alpha value is -1.14. The first-order chi connectivity index (χ1) is 10.1. The molecule has 0 saturated heterocycles. The smallest absolute Gasteiger partial charge is 0.526 e. The molecule has 1 aromatic rings. The second kappa shape index (κ2) is 4.68. The van der Waals surface area contributed by atoms with Crippen LogP contribution < -0.4 is 4.65 Å². The Labute approximate surface area is 128 Å². The van der Waals surface area contributed by atoms with Crippen molar-refractivity contribution in [2.75, 3.05) is 0 Å². The Kier molecular flexibility index (Phi) is 3.01. The van der Waals surface area contributed by atoms with Crippen molar-refractivity contribution in [1.29, 1.82) is 0 Å². The second-order valence-corrected chi connectivity index (χ2v) is 7.76. The van der Waals surface area contributed by atoms with E-state index in [0.717, 1.165) is 16.9 Å². The fourth-order valence-electron chi connectivity index (χ4n) is 3.26. The van der Waals surface area contributed by atoms with Crippen molar-refractivity contribution < 1.29 is 19.6 Å². The van der Waals surface area contributed by atoms with Gasteiger partial charge >= 0.3 is 13.1 Å².